The zero-order valence-electron chi connectivity index (χ0n) is 8.76. The summed E-state index contributed by atoms with van der Waals surface area (Å²) in [6.07, 6.45) is 3.10. The maximum Gasteiger partial charge on any atom is 0.0881 e. The third-order valence-corrected chi connectivity index (χ3v) is 2.23. The molecule has 0 bridgehead atoms. The average Bonchev–Trinajstić information content (AvgIpc) is 1.98. The van der Waals surface area contributed by atoms with Gasteiger partial charge in [-0.15, -0.1) is 0 Å². The number of hydrogen-bond donors (Lipinski definition) is 1. The molecule has 0 heterocycles. The molecular formula is C10H22O2. The van der Waals surface area contributed by atoms with Gasteiger partial charge in [-0.2, -0.15) is 0 Å². The van der Waals surface area contributed by atoms with Crippen LogP contribution in [0.25, 0.3) is 0 Å². The summed E-state index contributed by atoms with van der Waals surface area (Å²) in [4.78, 5) is 0. The monoisotopic (exact) mass is 174 g/mol. The van der Waals surface area contributed by atoms with Crippen LogP contribution in [0, 0.1) is 0 Å². The zero-order chi connectivity index (χ0) is 9.61. The van der Waals surface area contributed by atoms with Gasteiger partial charge in [0.1, 0.15) is 0 Å². The lowest BCUT2D eigenvalue weighted by atomic mass is 10.0. The molecule has 0 aliphatic heterocycles. The summed E-state index contributed by atoms with van der Waals surface area (Å²) in [5.41, 5.74) is -0.395. The molecule has 0 amide bonds. The predicted molar refractivity (Wildman–Crippen MR) is 51.2 cm³/mol. The average molecular weight is 174 g/mol. The van der Waals surface area contributed by atoms with Crippen LogP contribution >= 0.6 is 0 Å². The van der Waals surface area contributed by atoms with Crippen molar-refractivity contribution in [3.8, 4) is 0 Å². The highest BCUT2D eigenvalue weighted by Gasteiger charge is 2.24. The summed E-state index contributed by atoms with van der Waals surface area (Å²) >= 11 is 0. The van der Waals surface area contributed by atoms with Crippen molar-refractivity contribution >= 4 is 0 Å². The first-order valence-corrected chi connectivity index (χ1v) is 4.82. The largest absolute Gasteiger partial charge is 0.390 e. The Balaban J connectivity index is 3.47. The van der Waals surface area contributed by atoms with Crippen LogP contribution in [0.15, 0.2) is 0 Å². The van der Waals surface area contributed by atoms with E-state index in [0.29, 0.717) is 0 Å². The van der Waals surface area contributed by atoms with Crippen molar-refractivity contribution in [1.29, 1.82) is 0 Å². The summed E-state index contributed by atoms with van der Waals surface area (Å²) in [6, 6.07) is 0. The van der Waals surface area contributed by atoms with E-state index in [1.54, 1.807) is 6.92 Å². The first-order chi connectivity index (χ1) is 5.50. The van der Waals surface area contributed by atoms with Crippen LogP contribution in [0.5, 0.6) is 0 Å². The van der Waals surface area contributed by atoms with Crippen molar-refractivity contribution in [2.24, 2.45) is 0 Å². The first kappa shape index (κ1) is 11.9. The molecule has 0 aliphatic carbocycles. The summed E-state index contributed by atoms with van der Waals surface area (Å²) in [5.74, 6) is 0. The van der Waals surface area contributed by atoms with Crippen molar-refractivity contribution in [2.45, 2.75) is 58.7 Å². The fourth-order valence-electron chi connectivity index (χ4n) is 0.808. The Hall–Kier alpha value is -0.0800. The second-order valence-corrected chi connectivity index (χ2v) is 3.83. The minimum atomic E-state index is -0.404. The Labute approximate surface area is 75.9 Å². The fourth-order valence-corrected chi connectivity index (χ4v) is 0.808. The van der Waals surface area contributed by atoms with Crippen molar-refractivity contribution in [2.75, 3.05) is 6.61 Å². The zero-order valence-corrected chi connectivity index (χ0v) is 8.76. The number of ether oxygens (including phenoxy) is 1. The van der Waals surface area contributed by atoms with E-state index < -0.39 is 11.7 Å². The second-order valence-electron chi connectivity index (χ2n) is 3.83. The highest BCUT2D eigenvalue weighted by atomic mass is 16.5. The van der Waals surface area contributed by atoms with E-state index in [1.807, 2.05) is 13.8 Å². The molecule has 0 aromatic rings. The standard InChI is InChI=1S/C10H22O2/c1-5-6-7-8-12-10(3,4)9(2)11/h9,11H,5-8H2,1-4H3. The number of hydrogen-bond acceptors (Lipinski definition) is 2. The third kappa shape index (κ3) is 4.73. The molecule has 2 heteroatoms. The molecule has 0 aromatic heterocycles. The van der Waals surface area contributed by atoms with Gasteiger partial charge in [0.05, 0.1) is 11.7 Å². The van der Waals surface area contributed by atoms with Crippen LogP contribution in [-0.4, -0.2) is 23.4 Å². The molecule has 0 saturated heterocycles. The van der Waals surface area contributed by atoms with Gasteiger partial charge >= 0.3 is 0 Å². The van der Waals surface area contributed by atoms with Crippen molar-refractivity contribution in [1.82, 2.24) is 0 Å². The van der Waals surface area contributed by atoms with Gasteiger partial charge < -0.3 is 9.84 Å². The SMILES string of the molecule is CCCCCOC(C)(C)C(C)O. The Kier molecular flexibility index (Phi) is 5.51. The van der Waals surface area contributed by atoms with E-state index in [1.165, 1.54) is 12.8 Å². The van der Waals surface area contributed by atoms with Crippen LogP contribution in [0.4, 0.5) is 0 Å². The van der Waals surface area contributed by atoms with Gasteiger partial charge in [0.15, 0.2) is 0 Å². The third-order valence-electron chi connectivity index (χ3n) is 2.23. The quantitative estimate of drug-likeness (QED) is 0.626. The predicted octanol–water partition coefficient (Wildman–Crippen LogP) is 2.35. The molecule has 0 rings (SSSR count). The van der Waals surface area contributed by atoms with Gasteiger partial charge in [0.25, 0.3) is 0 Å². The van der Waals surface area contributed by atoms with Gasteiger partial charge in [0.2, 0.25) is 0 Å². The molecular weight excluding hydrogens is 152 g/mol. The summed E-state index contributed by atoms with van der Waals surface area (Å²) in [5, 5.41) is 9.31. The molecule has 0 aliphatic rings. The molecule has 0 fully saturated rings. The van der Waals surface area contributed by atoms with E-state index in [-0.39, 0.29) is 0 Å². The smallest absolute Gasteiger partial charge is 0.0881 e. The number of aliphatic hydroxyl groups is 1. The summed E-state index contributed by atoms with van der Waals surface area (Å²) < 4.78 is 5.54. The van der Waals surface area contributed by atoms with Gasteiger partial charge in [-0.25, -0.2) is 0 Å². The minimum absolute atomic E-state index is 0.395. The Morgan fingerprint density at radius 1 is 1.33 bits per heavy atom. The highest BCUT2D eigenvalue weighted by molar-refractivity contribution is 4.74. The molecule has 74 valence electrons. The van der Waals surface area contributed by atoms with E-state index in [9.17, 15) is 5.11 Å². The molecule has 2 nitrogen and oxygen atoms in total. The van der Waals surface area contributed by atoms with Crippen LogP contribution in [0.1, 0.15) is 47.0 Å². The van der Waals surface area contributed by atoms with Crippen LogP contribution in [0.2, 0.25) is 0 Å². The maximum atomic E-state index is 9.31. The molecule has 0 saturated carbocycles. The Bertz CT molecular complexity index is 108. The number of rotatable bonds is 6. The lowest BCUT2D eigenvalue weighted by molar-refractivity contribution is -0.0939. The highest BCUT2D eigenvalue weighted by Crippen LogP contribution is 2.14. The van der Waals surface area contributed by atoms with Gasteiger partial charge in [-0.3, -0.25) is 0 Å². The molecule has 1 atom stereocenters. The first-order valence-electron chi connectivity index (χ1n) is 4.82. The fraction of sp³-hybridized carbons (Fsp3) is 1.00. The van der Waals surface area contributed by atoms with E-state index in [0.717, 1.165) is 13.0 Å². The lowest BCUT2D eigenvalue weighted by Gasteiger charge is -2.28. The molecule has 0 aromatic carbocycles. The van der Waals surface area contributed by atoms with Gasteiger partial charge in [-0.1, -0.05) is 19.8 Å². The van der Waals surface area contributed by atoms with Crippen LogP contribution in [-0.2, 0) is 4.74 Å². The Morgan fingerprint density at radius 2 is 1.92 bits per heavy atom. The normalized spacial score (nSPS) is 14.8. The topological polar surface area (TPSA) is 29.5 Å². The van der Waals surface area contributed by atoms with Gasteiger partial charge in [-0.05, 0) is 27.2 Å². The van der Waals surface area contributed by atoms with E-state index >= 15 is 0 Å². The maximum absolute atomic E-state index is 9.31. The molecule has 0 radical (unpaired) electrons. The molecule has 1 N–H and O–H groups in total. The second kappa shape index (κ2) is 5.55. The number of aliphatic hydroxyl groups excluding tert-OH is 1. The molecule has 12 heavy (non-hydrogen) atoms. The number of unbranched alkanes of at least 4 members (excludes halogenated alkanes) is 2. The Morgan fingerprint density at radius 3 is 2.33 bits per heavy atom. The minimum Gasteiger partial charge on any atom is -0.390 e. The van der Waals surface area contributed by atoms with Crippen LogP contribution in [0.3, 0.4) is 0 Å². The van der Waals surface area contributed by atoms with Gasteiger partial charge in [0, 0.05) is 6.61 Å². The lowest BCUT2D eigenvalue weighted by Crippen LogP contribution is -2.37. The molecule has 0 spiro atoms. The summed E-state index contributed by atoms with van der Waals surface area (Å²) in [6.45, 7) is 8.53. The van der Waals surface area contributed by atoms with Crippen LogP contribution < -0.4 is 0 Å². The van der Waals surface area contributed by atoms with Crippen molar-refractivity contribution in [3.63, 3.8) is 0 Å². The van der Waals surface area contributed by atoms with E-state index in [2.05, 4.69) is 6.92 Å². The van der Waals surface area contributed by atoms with Crippen molar-refractivity contribution in [3.05, 3.63) is 0 Å². The van der Waals surface area contributed by atoms with Crippen molar-refractivity contribution < 1.29 is 9.84 Å². The summed E-state index contributed by atoms with van der Waals surface area (Å²) in [7, 11) is 0. The van der Waals surface area contributed by atoms with E-state index in [4.69, 9.17) is 4.74 Å². The molecule has 1 unspecified atom stereocenters.